The molecule has 2 fully saturated rings. The van der Waals surface area contributed by atoms with E-state index in [0.29, 0.717) is 0 Å². The maximum Gasteiger partial charge on any atom is 0.0221 e. The van der Waals surface area contributed by atoms with E-state index in [1.165, 1.54) is 58.2 Å². The minimum Gasteiger partial charge on any atom is -0.312 e. The van der Waals surface area contributed by atoms with Crippen molar-refractivity contribution >= 4 is 0 Å². The average Bonchev–Trinajstić information content (AvgIpc) is 2.30. The van der Waals surface area contributed by atoms with Crippen LogP contribution in [0.1, 0.15) is 45.4 Å². The molecule has 2 rings (SSSR count). The molecule has 2 heterocycles. The summed E-state index contributed by atoms with van der Waals surface area (Å²) in [7, 11) is 0. The smallest absolute Gasteiger partial charge is 0.0221 e. The fourth-order valence-electron chi connectivity index (χ4n) is 2.87. The zero-order chi connectivity index (χ0) is 9.80. The molecule has 2 aliphatic rings. The highest BCUT2D eigenvalue weighted by Gasteiger charge is 2.25. The highest BCUT2D eigenvalue weighted by molar-refractivity contribution is 4.84. The molecule has 0 amide bonds. The molecule has 2 heteroatoms. The Morgan fingerprint density at radius 3 is 2.50 bits per heavy atom. The molecule has 82 valence electrons. The summed E-state index contributed by atoms with van der Waals surface area (Å²) in [6.45, 7) is 6.32. The zero-order valence-electron chi connectivity index (χ0n) is 9.47. The average molecular weight is 196 g/mol. The summed E-state index contributed by atoms with van der Waals surface area (Å²) in [6.07, 6.45) is 8.46. The summed E-state index contributed by atoms with van der Waals surface area (Å²) in [6, 6.07) is 1.53. The van der Waals surface area contributed by atoms with Gasteiger partial charge in [0.05, 0.1) is 0 Å². The quantitative estimate of drug-likeness (QED) is 0.727. The molecule has 0 aromatic heterocycles. The molecule has 1 N–H and O–H groups in total. The van der Waals surface area contributed by atoms with Gasteiger partial charge < -0.3 is 5.32 Å². The summed E-state index contributed by atoms with van der Waals surface area (Å²) >= 11 is 0. The van der Waals surface area contributed by atoms with Gasteiger partial charge in [0, 0.05) is 12.1 Å². The first kappa shape index (κ1) is 10.4. The lowest BCUT2D eigenvalue weighted by atomic mass is 9.96. The van der Waals surface area contributed by atoms with Crippen LogP contribution in [0.2, 0.25) is 0 Å². The van der Waals surface area contributed by atoms with Crippen LogP contribution in [0.5, 0.6) is 0 Å². The number of hydrogen-bond donors (Lipinski definition) is 1. The van der Waals surface area contributed by atoms with Crippen molar-refractivity contribution in [3.63, 3.8) is 0 Å². The summed E-state index contributed by atoms with van der Waals surface area (Å²) in [5.41, 5.74) is 0. The van der Waals surface area contributed by atoms with Gasteiger partial charge in [-0.1, -0.05) is 12.8 Å². The third-order valence-electron chi connectivity index (χ3n) is 3.90. The zero-order valence-corrected chi connectivity index (χ0v) is 9.47. The molecule has 2 nitrogen and oxygen atoms in total. The molecule has 0 spiro atoms. The molecule has 2 aliphatic heterocycles. The SMILES string of the molecule is CC(C1CCCCN1)N1CCCCC1. The van der Waals surface area contributed by atoms with Crippen molar-refractivity contribution in [3.8, 4) is 0 Å². The first-order chi connectivity index (χ1) is 6.88. The Morgan fingerprint density at radius 2 is 1.86 bits per heavy atom. The van der Waals surface area contributed by atoms with Crippen molar-refractivity contribution in [2.24, 2.45) is 0 Å². The van der Waals surface area contributed by atoms with Gasteiger partial charge in [-0.15, -0.1) is 0 Å². The monoisotopic (exact) mass is 196 g/mol. The minimum atomic E-state index is 0.760. The van der Waals surface area contributed by atoms with Gasteiger partial charge in [0.15, 0.2) is 0 Å². The van der Waals surface area contributed by atoms with Gasteiger partial charge in [-0.3, -0.25) is 4.90 Å². The molecule has 0 aromatic rings. The van der Waals surface area contributed by atoms with Crippen LogP contribution in [0.15, 0.2) is 0 Å². The molecule has 2 saturated heterocycles. The highest BCUT2D eigenvalue weighted by Crippen LogP contribution is 2.18. The molecule has 0 saturated carbocycles. The van der Waals surface area contributed by atoms with Gasteiger partial charge in [0.1, 0.15) is 0 Å². The summed E-state index contributed by atoms with van der Waals surface area (Å²) in [4.78, 5) is 2.69. The number of likely N-dealkylation sites (tertiary alicyclic amines) is 1. The van der Waals surface area contributed by atoms with Crippen molar-refractivity contribution < 1.29 is 0 Å². The normalized spacial score (nSPS) is 32.8. The molecule has 0 aromatic carbocycles. The first-order valence-corrected chi connectivity index (χ1v) is 6.35. The predicted molar refractivity (Wildman–Crippen MR) is 60.5 cm³/mol. The third-order valence-corrected chi connectivity index (χ3v) is 3.90. The van der Waals surface area contributed by atoms with Gasteiger partial charge in [-0.25, -0.2) is 0 Å². The number of rotatable bonds is 2. The largest absolute Gasteiger partial charge is 0.312 e. The topological polar surface area (TPSA) is 15.3 Å². The molecule has 2 unspecified atom stereocenters. The van der Waals surface area contributed by atoms with Gasteiger partial charge in [0.2, 0.25) is 0 Å². The van der Waals surface area contributed by atoms with Crippen LogP contribution in [0.3, 0.4) is 0 Å². The van der Waals surface area contributed by atoms with E-state index >= 15 is 0 Å². The number of piperidine rings is 2. The molecule has 0 aliphatic carbocycles. The summed E-state index contributed by atoms with van der Waals surface area (Å²) < 4.78 is 0. The van der Waals surface area contributed by atoms with Crippen LogP contribution in [-0.2, 0) is 0 Å². The van der Waals surface area contributed by atoms with Gasteiger partial charge in [0.25, 0.3) is 0 Å². The van der Waals surface area contributed by atoms with Crippen molar-refractivity contribution in [2.45, 2.75) is 57.5 Å². The summed E-state index contributed by atoms with van der Waals surface area (Å²) in [5, 5.41) is 3.67. The van der Waals surface area contributed by atoms with E-state index in [2.05, 4.69) is 17.1 Å². The van der Waals surface area contributed by atoms with E-state index in [4.69, 9.17) is 0 Å². The fourth-order valence-corrected chi connectivity index (χ4v) is 2.87. The molecule has 2 atom stereocenters. The number of nitrogens with zero attached hydrogens (tertiary/aromatic N) is 1. The lowest BCUT2D eigenvalue weighted by molar-refractivity contribution is 0.130. The van der Waals surface area contributed by atoms with E-state index in [1.54, 1.807) is 0 Å². The molecular weight excluding hydrogens is 172 g/mol. The maximum atomic E-state index is 3.67. The van der Waals surface area contributed by atoms with E-state index in [-0.39, 0.29) is 0 Å². The van der Waals surface area contributed by atoms with E-state index in [1.807, 2.05) is 0 Å². The molecule has 0 bridgehead atoms. The van der Waals surface area contributed by atoms with Crippen molar-refractivity contribution in [1.82, 2.24) is 10.2 Å². The van der Waals surface area contributed by atoms with E-state index in [0.717, 1.165) is 12.1 Å². The van der Waals surface area contributed by atoms with Crippen LogP contribution in [-0.4, -0.2) is 36.6 Å². The van der Waals surface area contributed by atoms with Crippen LogP contribution >= 0.6 is 0 Å². The molecule has 14 heavy (non-hydrogen) atoms. The van der Waals surface area contributed by atoms with Gasteiger partial charge in [-0.2, -0.15) is 0 Å². The minimum absolute atomic E-state index is 0.760. The Hall–Kier alpha value is -0.0800. The highest BCUT2D eigenvalue weighted by atomic mass is 15.2. The standard InChI is InChI=1S/C12H24N2/c1-11(12-7-3-4-8-13-12)14-9-5-2-6-10-14/h11-13H,2-10H2,1H3. The van der Waals surface area contributed by atoms with Gasteiger partial charge >= 0.3 is 0 Å². The Labute approximate surface area is 88.1 Å². The van der Waals surface area contributed by atoms with Crippen LogP contribution in [0.25, 0.3) is 0 Å². The second-order valence-electron chi connectivity index (χ2n) is 4.89. The lowest BCUT2D eigenvalue weighted by Crippen LogP contribution is -2.51. The van der Waals surface area contributed by atoms with Crippen LogP contribution in [0.4, 0.5) is 0 Å². The van der Waals surface area contributed by atoms with Crippen molar-refractivity contribution in [3.05, 3.63) is 0 Å². The lowest BCUT2D eigenvalue weighted by Gasteiger charge is -2.39. The second kappa shape index (κ2) is 5.13. The Bertz CT molecular complexity index is 140. The first-order valence-electron chi connectivity index (χ1n) is 6.35. The Kier molecular flexibility index (Phi) is 3.82. The van der Waals surface area contributed by atoms with Crippen molar-refractivity contribution in [2.75, 3.05) is 19.6 Å². The molecule has 0 radical (unpaired) electrons. The molecular formula is C12H24N2. The van der Waals surface area contributed by atoms with Crippen molar-refractivity contribution in [1.29, 1.82) is 0 Å². The van der Waals surface area contributed by atoms with Crippen LogP contribution in [0, 0.1) is 0 Å². The van der Waals surface area contributed by atoms with E-state index in [9.17, 15) is 0 Å². The fraction of sp³-hybridized carbons (Fsp3) is 1.00. The summed E-state index contributed by atoms with van der Waals surface area (Å²) in [5.74, 6) is 0. The van der Waals surface area contributed by atoms with Crippen LogP contribution < -0.4 is 5.32 Å². The van der Waals surface area contributed by atoms with Gasteiger partial charge in [-0.05, 0) is 52.2 Å². The number of nitrogens with one attached hydrogen (secondary N) is 1. The van der Waals surface area contributed by atoms with E-state index < -0.39 is 0 Å². The maximum absolute atomic E-state index is 3.67. The second-order valence-corrected chi connectivity index (χ2v) is 4.89. The Morgan fingerprint density at radius 1 is 1.07 bits per heavy atom. The third kappa shape index (κ3) is 2.48. The Balaban J connectivity index is 1.82. The predicted octanol–water partition coefficient (Wildman–Crippen LogP) is 2.00. The number of hydrogen-bond acceptors (Lipinski definition) is 2.